The topological polar surface area (TPSA) is 81.1 Å². The Bertz CT molecular complexity index is 651. The molecular formula is C15H21N3O2S. The molecule has 0 spiro atoms. The van der Waals surface area contributed by atoms with Gasteiger partial charge in [-0.25, -0.2) is 0 Å². The van der Waals surface area contributed by atoms with E-state index in [1.54, 1.807) is 0 Å². The van der Waals surface area contributed by atoms with Crippen molar-refractivity contribution in [3.63, 3.8) is 0 Å². The highest BCUT2D eigenvalue weighted by molar-refractivity contribution is 7.99. The minimum Gasteiger partial charge on any atom is -0.480 e. The molecule has 6 heteroatoms. The Morgan fingerprint density at radius 2 is 2.14 bits per heavy atom. The highest BCUT2D eigenvalue weighted by Gasteiger charge is 2.32. The minimum atomic E-state index is -0.976. The van der Waals surface area contributed by atoms with Crippen LogP contribution in [0.15, 0.2) is 24.3 Å². The average Bonchev–Trinajstić information content (AvgIpc) is 2.82. The van der Waals surface area contributed by atoms with Gasteiger partial charge in [-0.2, -0.15) is 5.10 Å². The van der Waals surface area contributed by atoms with Gasteiger partial charge in [0.1, 0.15) is 6.04 Å². The van der Waals surface area contributed by atoms with Crippen LogP contribution in [0.4, 0.5) is 0 Å². The second kappa shape index (κ2) is 6.07. The third-order valence-corrected chi connectivity index (χ3v) is 5.05. The van der Waals surface area contributed by atoms with Crippen molar-refractivity contribution < 1.29 is 9.90 Å². The molecule has 0 bridgehead atoms. The highest BCUT2D eigenvalue weighted by atomic mass is 32.2. The van der Waals surface area contributed by atoms with Gasteiger partial charge in [-0.15, -0.1) is 11.8 Å². The molecule has 5 nitrogen and oxygen atoms in total. The van der Waals surface area contributed by atoms with Gasteiger partial charge in [0.2, 0.25) is 0 Å². The van der Waals surface area contributed by atoms with E-state index < -0.39 is 16.8 Å². The first-order valence-electron chi connectivity index (χ1n) is 6.93. The zero-order chi connectivity index (χ0) is 15.6. The molecule has 0 unspecified atom stereocenters. The molecule has 0 aliphatic heterocycles. The fourth-order valence-electron chi connectivity index (χ4n) is 2.19. The molecule has 2 rings (SSSR count). The zero-order valence-electron chi connectivity index (χ0n) is 12.5. The molecule has 0 saturated heterocycles. The lowest BCUT2D eigenvalue weighted by Gasteiger charge is -2.27. The van der Waals surface area contributed by atoms with Crippen molar-refractivity contribution >= 4 is 28.6 Å². The van der Waals surface area contributed by atoms with E-state index in [0.29, 0.717) is 5.75 Å². The monoisotopic (exact) mass is 307 g/mol. The molecule has 3 N–H and O–H groups in total. The normalized spacial score (nSPS) is 13.5. The summed E-state index contributed by atoms with van der Waals surface area (Å²) in [6.45, 7) is 6.58. The van der Waals surface area contributed by atoms with Crippen molar-refractivity contribution in [1.82, 2.24) is 9.78 Å². The molecule has 1 aromatic heterocycles. The summed E-state index contributed by atoms with van der Waals surface area (Å²) >= 11 is 1.53. The molecule has 0 fully saturated rings. The van der Waals surface area contributed by atoms with Crippen LogP contribution in [0.25, 0.3) is 10.9 Å². The highest BCUT2D eigenvalue weighted by Crippen LogP contribution is 2.32. The summed E-state index contributed by atoms with van der Waals surface area (Å²) in [6.07, 6.45) is 0. The lowest BCUT2D eigenvalue weighted by Crippen LogP contribution is -2.46. The molecule has 1 atom stereocenters. The first-order chi connectivity index (χ1) is 9.86. The number of carbonyl (C=O) groups is 1. The molecule has 0 saturated carbocycles. The van der Waals surface area contributed by atoms with Crippen LogP contribution in [0.2, 0.25) is 0 Å². The smallest absolute Gasteiger partial charge is 0.321 e. The van der Waals surface area contributed by atoms with E-state index >= 15 is 0 Å². The summed E-state index contributed by atoms with van der Waals surface area (Å²) in [4.78, 5) is 11.1. The molecular weight excluding hydrogens is 286 g/mol. The van der Waals surface area contributed by atoms with E-state index in [0.717, 1.165) is 23.1 Å². The summed E-state index contributed by atoms with van der Waals surface area (Å²) < 4.78 is 1.41. The second-order valence-corrected chi connectivity index (χ2v) is 7.12. The van der Waals surface area contributed by atoms with E-state index in [2.05, 4.69) is 18.1 Å². The Morgan fingerprint density at radius 1 is 1.48 bits per heavy atom. The number of fused-ring (bicyclic) bond motifs is 1. The van der Waals surface area contributed by atoms with Crippen molar-refractivity contribution in [2.45, 2.75) is 43.9 Å². The predicted molar refractivity (Wildman–Crippen MR) is 86.4 cm³/mol. The number of carboxylic acids is 1. The molecule has 21 heavy (non-hydrogen) atoms. The van der Waals surface area contributed by atoms with E-state index in [1.165, 1.54) is 11.8 Å². The Morgan fingerprint density at radius 3 is 2.76 bits per heavy atom. The molecule has 114 valence electrons. The van der Waals surface area contributed by atoms with Gasteiger partial charge in [-0.3, -0.25) is 9.48 Å². The van der Waals surface area contributed by atoms with E-state index in [1.807, 2.05) is 36.7 Å². The fraction of sp³-hybridized carbons (Fsp3) is 0.467. The Kier molecular flexibility index (Phi) is 4.58. The van der Waals surface area contributed by atoms with Gasteiger partial charge in [0.05, 0.1) is 11.2 Å². The number of hydrogen-bond donors (Lipinski definition) is 2. The van der Waals surface area contributed by atoms with Gasteiger partial charge in [0.15, 0.2) is 0 Å². The maximum absolute atomic E-state index is 11.1. The summed E-state index contributed by atoms with van der Waals surface area (Å²) in [5.74, 6) is -0.335. The standard InChI is InChI=1S/C15H21N3O2S/c1-4-18-12-8-6-5-7-10(12)11(17-18)9-21-15(2,3)13(16)14(19)20/h5-8,13H,4,9,16H2,1-3H3,(H,19,20)/t13-/m1/s1. The SMILES string of the molecule is CCn1nc(CSC(C)(C)[C@H](N)C(=O)O)c2ccccc21. The number of nitrogens with zero attached hydrogens (tertiary/aromatic N) is 2. The third-order valence-electron chi connectivity index (χ3n) is 3.63. The number of para-hydroxylation sites is 1. The molecule has 1 aromatic carbocycles. The van der Waals surface area contributed by atoms with Crippen molar-refractivity contribution in [2.75, 3.05) is 0 Å². The largest absolute Gasteiger partial charge is 0.480 e. The van der Waals surface area contributed by atoms with Crippen LogP contribution in [-0.2, 0) is 17.1 Å². The predicted octanol–water partition coefficient (Wildman–Crippen LogP) is 2.48. The number of hydrogen-bond acceptors (Lipinski definition) is 4. The van der Waals surface area contributed by atoms with Crippen LogP contribution >= 0.6 is 11.8 Å². The number of carboxylic acid groups (broad SMARTS) is 1. The van der Waals surface area contributed by atoms with Gasteiger partial charge >= 0.3 is 5.97 Å². The minimum absolute atomic E-state index is 0.553. The maximum Gasteiger partial charge on any atom is 0.321 e. The lowest BCUT2D eigenvalue weighted by molar-refractivity contribution is -0.139. The first-order valence-corrected chi connectivity index (χ1v) is 7.92. The summed E-state index contributed by atoms with van der Waals surface area (Å²) in [6, 6.07) is 7.19. The summed E-state index contributed by atoms with van der Waals surface area (Å²) in [7, 11) is 0. The van der Waals surface area contributed by atoms with Gasteiger partial charge in [0, 0.05) is 22.4 Å². The number of aliphatic carboxylic acids is 1. The number of aromatic nitrogens is 2. The molecule has 2 aromatic rings. The average molecular weight is 307 g/mol. The zero-order valence-corrected chi connectivity index (χ0v) is 13.4. The van der Waals surface area contributed by atoms with Crippen LogP contribution in [0.1, 0.15) is 26.5 Å². The van der Waals surface area contributed by atoms with Crippen molar-refractivity contribution in [1.29, 1.82) is 0 Å². The molecule has 0 aliphatic carbocycles. The number of nitrogens with two attached hydrogens (primary N) is 1. The van der Waals surface area contributed by atoms with Gasteiger partial charge in [-0.05, 0) is 26.8 Å². The van der Waals surface area contributed by atoms with E-state index in [4.69, 9.17) is 10.8 Å². The van der Waals surface area contributed by atoms with Gasteiger partial charge in [0.25, 0.3) is 0 Å². The van der Waals surface area contributed by atoms with E-state index in [-0.39, 0.29) is 0 Å². The molecule has 0 aliphatic rings. The number of benzene rings is 1. The lowest BCUT2D eigenvalue weighted by atomic mass is 10.1. The quantitative estimate of drug-likeness (QED) is 0.857. The van der Waals surface area contributed by atoms with Crippen LogP contribution in [0, 0.1) is 0 Å². The van der Waals surface area contributed by atoms with Crippen LogP contribution < -0.4 is 5.73 Å². The van der Waals surface area contributed by atoms with E-state index in [9.17, 15) is 4.79 Å². The number of thioether (sulfide) groups is 1. The van der Waals surface area contributed by atoms with Gasteiger partial charge in [-0.1, -0.05) is 18.2 Å². The number of rotatable bonds is 6. The van der Waals surface area contributed by atoms with Crippen LogP contribution in [-0.4, -0.2) is 31.6 Å². The van der Waals surface area contributed by atoms with Crippen molar-refractivity contribution in [2.24, 2.45) is 5.73 Å². The summed E-state index contributed by atoms with van der Waals surface area (Å²) in [5.41, 5.74) is 7.84. The maximum atomic E-state index is 11.1. The first kappa shape index (κ1) is 15.9. The Labute approximate surface area is 128 Å². The molecule has 0 amide bonds. The van der Waals surface area contributed by atoms with Crippen molar-refractivity contribution in [3.05, 3.63) is 30.0 Å². The third kappa shape index (κ3) is 3.22. The number of aryl methyl sites for hydroxylation is 1. The Balaban J connectivity index is 2.23. The molecule has 1 heterocycles. The Hall–Kier alpha value is -1.53. The van der Waals surface area contributed by atoms with Gasteiger partial charge < -0.3 is 10.8 Å². The van der Waals surface area contributed by atoms with Crippen LogP contribution in [0.3, 0.4) is 0 Å². The molecule has 0 radical (unpaired) electrons. The fourth-order valence-corrected chi connectivity index (χ4v) is 3.19. The van der Waals surface area contributed by atoms with Crippen molar-refractivity contribution in [3.8, 4) is 0 Å². The van der Waals surface area contributed by atoms with Crippen LogP contribution in [0.5, 0.6) is 0 Å². The summed E-state index contributed by atoms with van der Waals surface area (Å²) in [5, 5.41) is 14.8. The second-order valence-electron chi connectivity index (χ2n) is 5.49.